The molecule has 3 rings (SSSR count). The van der Waals surface area contributed by atoms with Crippen LogP contribution in [0.25, 0.3) is 0 Å². The first kappa shape index (κ1) is 18.7. The summed E-state index contributed by atoms with van der Waals surface area (Å²) in [6.07, 6.45) is 4.95. The van der Waals surface area contributed by atoms with E-state index in [1.807, 2.05) is 0 Å². The molecule has 0 aliphatic carbocycles. The average molecular weight is 385 g/mol. The molecule has 2 heterocycles. The lowest BCUT2D eigenvalue weighted by molar-refractivity contribution is -0.385. The molecule has 0 atom stereocenters. The Morgan fingerprint density at radius 1 is 0.964 bits per heavy atom. The summed E-state index contributed by atoms with van der Waals surface area (Å²) in [5.74, 6) is -0.289. The van der Waals surface area contributed by atoms with E-state index in [0.29, 0.717) is 18.7 Å². The van der Waals surface area contributed by atoms with E-state index in [0.717, 1.165) is 11.8 Å². The van der Waals surface area contributed by atoms with Crippen molar-refractivity contribution < 1.29 is 14.6 Å². The monoisotopic (exact) mass is 385 g/mol. The Kier molecular flexibility index (Phi) is 5.39. The van der Waals surface area contributed by atoms with Gasteiger partial charge in [-0.3, -0.25) is 34.4 Å². The standard InChI is InChI=1S/C16H15N7O5/c24-16(17-5-6-20-10-14(7-18-20)22(25)26)13-3-1-12(2-4-13)9-21-11-15(8-19-21)23(27)28/h1-4,7-8,10-11H,5-6,9H2,(H,17,24). The van der Waals surface area contributed by atoms with Crippen LogP contribution in [-0.2, 0) is 13.1 Å². The van der Waals surface area contributed by atoms with Gasteiger partial charge < -0.3 is 5.32 Å². The van der Waals surface area contributed by atoms with Crippen molar-refractivity contribution in [3.05, 3.63) is 80.4 Å². The number of aromatic nitrogens is 4. The van der Waals surface area contributed by atoms with Crippen molar-refractivity contribution in [1.82, 2.24) is 24.9 Å². The Labute approximate surface area is 157 Å². The van der Waals surface area contributed by atoms with Crippen molar-refractivity contribution >= 4 is 17.3 Å². The lowest BCUT2D eigenvalue weighted by atomic mass is 10.1. The van der Waals surface area contributed by atoms with E-state index in [1.54, 1.807) is 24.3 Å². The van der Waals surface area contributed by atoms with E-state index in [1.165, 1.54) is 28.0 Å². The molecule has 0 saturated carbocycles. The number of carbonyl (C=O) groups is 1. The van der Waals surface area contributed by atoms with Crippen molar-refractivity contribution in [2.24, 2.45) is 0 Å². The quantitative estimate of drug-likeness (QED) is 0.454. The summed E-state index contributed by atoms with van der Waals surface area (Å²) < 4.78 is 2.82. The van der Waals surface area contributed by atoms with E-state index in [2.05, 4.69) is 15.5 Å². The van der Waals surface area contributed by atoms with Crippen LogP contribution in [0.1, 0.15) is 15.9 Å². The Morgan fingerprint density at radius 3 is 2.11 bits per heavy atom. The molecule has 0 bridgehead atoms. The fourth-order valence-corrected chi connectivity index (χ4v) is 2.44. The molecule has 12 nitrogen and oxygen atoms in total. The van der Waals surface area contributed by atoms with Crippen molar-refractivity contribution in [2.75, 3.05) is 6.54 Å². The first-order valence-corrected chi connectivity index (χ1v) is 8.13. The summed E-state index contributed by atoms with van der Waals surface area (Å²) in [6.45, 7) is 0.903. The van der Waals surface area contributed by atoms with Gasteiger partial charge in [-0.05, 0) is 17.7 Å². The molecule has 144 valence electrons. The molecule has 28 heavy (non-hydrogen) atoms. The van der Waals surface area contributed by atoms with Crippen LogP contribution in [0, 0.1) is 20.2 Å². The zero-order valence-corrected chi connectivity index (χ0v) is 14.5. The SMILES string of the molecule is O=C(NCCn1cc([N+](=O)[O-])cn1)c1ccc(Cn2cc([N+](=O)[O-])cn2)cc1. The number of rotatable bonds is 8. The molecule has 1 N–H and O–H groups in total. The smallest absolute Gasteiger partial charge is 0.307 e. The molecule has 3 aromatic rings. The third kappa shape index (κ3) is 4.55. The summed E-state index contributed by atoms with van der Waals surface area (Å²) >= 11 is 0. The van der Waals surface area contributed by atoms with Gasteiger partial charge in [-0.25, -0.2) is 0 Å². The maximum absolute atomic E-state index is 12.2. The molecule has 12 heteroatoms. The zero-order valence-electron chi connectivity index (χ0n) is 14.5. The van der Waals surface area contributed by atoms with Crippen LogP contribution in [0.4, 0.5) is 11.4 Å². The normalized spacial score (nSPS) is 10.6. The van der Waals surface area contributed by atoms with Gasteiger partial charge in [0.25, 0.3) is 5.91 Å². The molecule has 0 unspecified atom stereocenters. The van der Waals surface area contributed by atoms with Gasteiger partial charge in [0.2, 0.25) is 0 Å². The zero-order chi connectivity index (χ0) is 20.1. The largest absolute Gasteiger partial charge is 0.350 e. The first-order valence-electron chi connectivity index (χ1n) is 8.13. The minimum absolute atomic E-state index is 0.0847. The minimum atomic E-state index is -0.537. The number of nitro groups is 2. The fourth-order valence-electron chi connectivity index (χ4n) is 2.44. The van der Waals surface area contributed by atoms with Gasteiger partial charge in [-0.1, -0.05) is 12.1 Å². The van der Waals surface area contributed by atoms with E-state index >= 15 is 0 Å². The molecule has 0 aliphatic rings. The van der Waals surface area contributed by atoms with Crippen LogP contribution < -0.4 is 5.32 Å². The Hall–Kier alpha value is -4.09. The third-order valence-corrected chi connectivity index (χ3v) is 3.85. The molecule has 0 aliphatic heterocycles. The highest BCUT2D eigenvalue weighted by Gasteiger charge is 2.11. The third-order valence-electron chi connectivity index (χ3n) is 3.85. The summed E-state index contributed by atoms with van der Waals surface area (Å²) in [5, 5.41) is 31.7. The molecule has 2 aromatic heterocycles. The van der Waals surface area contributed by atoms with Crippen molar-refractivity contribution in [2.45, 2.75) is 13.1 Å². The highest BCUT2D eigenvalue weighted by molar-refractivity contribution is 5.94. The fraction of sp³-hybridized carbons (Fsp3) is 0.188. The predicted octanol–water partition coefficient (Wildman–Crippen LogP) is 1.37. The number of carbonyl (C=O) groups excluding carboxylic acids is 1. The van der Waals surface area contributed by atoms with Gasteiger partial charge in [0.05, 0.1) is 22.9 Å². The number of nitrogens with zero attached hydrogens (tertiary/aromatic N) is 6. The predicted molar refractivity (Wildman–Crippen MR) is 95.6 cm³/mol. The molecule has 0 fully saturated rings. The second-order valence-corrected chi connectivity index (χ2v) is 5.82. The van der Waals surface area contributed by atoms with Crippen LogP contribution in [0.2, 0.25) is 0 Å². The second kappa shape index (κ2) is 8.07. The number of benzene rings is 1. The maximum atomic E-state index is 12.2. The highest BCUT2D eigenvalue weighted by atomic mass is 16.6. The van der Waals surface area contributed by atoms with Crippen LogP contribution in [0.3, 0.4) is 0 Å². The van der Waals surface area contributed by atoms with Crippen LogP contribution in [0.15, 0.2) is 49.1 Å². The van der Waals surface area contributed by atoms with Crippen molar-refractivity contribution in [1.29, 1.82) is 0 Å². The lowest BCUT2D eigenvalue weighted by Gasteiger charge is -2.06. The van der Waals surface area contributed by atoms with Gasteiger partial charge in [0, 0.05) is 12.1 Å². The van der Waals surface area contributed by atoms with E-state index in [4.69, 9.17) is 0 Å². The van der Waals surface area contributed by atoms with Gasteiger partial charge in [0.1, 0.15) is 24.8 Å². The van der Waals surface area contributed by atoms with Gasteiger partial charge in [-0.15, -0.1) is 0 Å². The molecular formula is C16H15N7O5. The lowest BCUT2D eigenvalue weighted by Crippen LogP contribution is -2.27. The average Bonchev–Trinajstić information content (AvgIpc) is 3.32. The molecular weight excluding hydrogens is 370 g/mol. The van der Waals surface area contributed by atoms with E-state index in [9.17, 15) is 25.0 Å². The summed E-state index contributed by atoms with van der Waals surface area (Å²) in [6, 6.07) is 6.75. The molecule has 0 spiro atoms. The number of hydrogen-bond acceptors (Lipinski definition) is 7. The molecule has 0 radical (unpaired) electrons. The Balaban J connectivity index is 1.51. The number of nitrogens with one attached hydrogen (secondary N) is 1. The summed E-state index contributed by atoms with van der Waals surface area (Å²) in [7, 11) is 0. The molecule has 0 saturated heterocycles. The van der Waals surface area contributed by atoms with Crippen LogP contribution in [-0.4, -0.2) is 41.9 Å². The number of hydrogen-bond donors (Lipinski definition) is 1. The topological polar surface area (TPSA) is 151 Å². The van der Waals surface area contributed by atoms with Gasteiger partial charge in [0.15, 0.2) is 0 Å². The van der Waals surface area contributed by atoms with E-state index < -0.39 is 9.85 Å². The van der Waals surface area contributed by atoms with Gasteiger partial charge >= 0.3 is 11.4 Å². The van der Waals surface area contributed by atoms with Crippen LogP contribution in [0.5, 0.6) is 0 Å². The minimum Gasteiger partial charge on any atom is -0.350 e. The summed E-state index contributed by atoms with van der Waals surface area (Å²) in [4.78, 5) is 32.4. The molecule has 1 amide bonds. The van der Waals surface area contributed by atoms with E-state index in [-0.39, 0.29) is 23.8 Å². The van der Waals surface area contributed by atoms with Crippen molar-refractivity contribution in [3.8, 4) is 0 Å². The maximum Gasteiger partial charge on any atom is 0.307 e. The number of amides is 1. The Morgan fingerprint density at radius 2 is 1.54 bits per heavy atom. The van der Waals surface area contributed by atoms with Crippen LogP contribution >= 0.6 is 0 Å². The Bertz CT molecular complexity index is 1010. The van der Waals surface area contributed by atoms with Gasteiger partial charge in [-0.2, -0.15) is 10.2 Å². The highest BCUT2D eigenvalue weighted by Crippen LogP contribution is 2.11. The molecule has 1 aromatic carbocycles. The summed E-state index contributed by atoms with van der Waals surface area (Å²) in [5.41, 5.74) is 1.09. The first-order chi connectivity index (χ1) is 13.4. The second-order valence-electron chi connectivity index (χ2n) is 5.82. The van der Waals surface area contributed by atoms with Crippen molar-refractivity contribution in [3.63, 3.8) is 0 Å².